The Morgan fingerprint density at radius 2 is 2.12 bits per heavy atom. The summed E-state index contributed by atoms with van der Waals surface area (Å²) in [5, 5.41) is 3.15. The lowest BCUT2D eigenvalue weighted by Gasteiger charge is -2.40. The third-order valence-corrected chi connectivity index (χ3v) is 4.32. The first-order valence-corrected chi connectivity index (χ1v) is 6.62. The van der Waals surface area contributed by atoms with Gasteiger partial charge >= 0.3 is 0 Å². The van der Waals surface area contributed by atoms with E-state index >= 15 is 0 Å². The van der Waals surface area contributed by atoms with Crippen LogP contribution in [0.5, 0.6) is 0 Å². The average Bonchev–Trinajstić information content (AvgIpc) is 2.69. The minimum atomic E-state index is -0.798. The summed E-state index contributed by atoms with van der Waals surface area (Å²) in [6.07, 6.45) is 5.33. The fourth-order valence-corrected chi connectivity index (χ4v) is 2.82. The maximum atomic E-state index is 12.2. The molecular weight excluding hydrogens is 216 g/mol. The number of carbonyl (C=O) groups is 1. The topological polar surface area (TPSA) is 64.4 Å². The highest BCUT2D eigenvalue weighted by Gasteiger charge is 2.41. The molecule has 2 rings (SSSR count). The number of amides is 1. The molecule has 3 N–H and O–H groups in total. The van der Waals surface area contributed by atoms with Crippen molar-refractivity contribution >= 4 is 5.91 Å². The van der Waals surface area contributed by atoms with Crippen LogP contribution in [-0.4, -0.2) is 30.7 Å². The molecule has 1 saturated carbocycles. The Balaban J connectivity index is 1.98. The summed E-state index contributed by atoms with van der Waals surface area (Å²) in [5.41, 5.74) is 5.46. The van der Waals surface area contributed by atoms with Gasteiger partial charge in [-0.05, 0) is 24.7 Å². The van der Waals surface area contributed by atoms with Gasteiger partial charge < -0.3 is 15.8 Å². The van der Waals surface area contributed by atoms with Crippen molar-refractivity contribution in [3.8, 4) is 0 Å². The molecule has 0 aromatic heterocycles. The van der Waals surface area contributed by atoms with Gasteiger partial charge in [0.1, 0.15) is 5.54 Å². The smallest absolute Gasteiger partial charge is 0.242 e. The van der Waals surface area contributed by atoms with Gasteiger partial charge in [-0.2, -0.15) is 0 Å². The van der Waals surface area contributed by atoms with Gasteiger partial charge in [-0.1, -0.05) is 26.7 Å². The molecule has 1 aliphatic heterocycles. The molecule has 2 fully saturated rings. The third-order valence-electron chi connectivity index (χ3n) is 4.32. The molecule has 2 atom stereocenters. The van der Waals surface area contributed by atoms with Crippen molar-refractivity contribution in [3.05, 3.63) is 0 Å². The first-order valence-electron chi connectivity index (χ1n) is 6.62. The van der Waals surface area contributed by atoms with E-state index in [2.05, 4.69) is 19.2 Å². The van der Waals surface area contributed by atoms with E-state index < -0.39 is 5.54 Å². The molecule has 2 aliphatic rings. The predicted octanol–water partition coefficient (Wildman–Crippen LogP) is 1.19. The summed E-state index contributed by atoms with van der Waals surface area (Å²) >= 11 is 0. The van der Waals surface area contributed by atoms with Crippen molar-refractivity contribution < 1.29 is 9.53 Å². The van der Waals surface area contributed by atoms with Crippen LogP contribution >= 0.6 is 0 Å². The second kappa shape index (κ2) is 4.58. The Morgan fingerprint density at radius 1 is 1.35 bits per heavy atom. The lowest BCUT2D eigenvalue weighted by molar-refractivity contribution is -0.128. The highest BCUT2D eigenvalue weighted by atomic mass is 16.5. The minimum absolute atomic E-state index is 0.0324. The predicted molar refractivity (Wildman–Crippen MR) is 66.5 cm³/mol. The van der Waals surface area contributed by atoms with E-state index in [0.717, 1.165) is 6.42 Å². The van der Waals surface area contributed by atoms with E-state index in [9.17, 15) is 4.79 Å². The van der Waals surface area contributed by atoms with Crippen molar-refractivity contribution in [1.82, 2.24) is 5.32 Å². The van der Waals surface area contributed by atoms with Gasteiger partial charge in [-0.25, -0.2) is 0 Å². The van der Waals surface area contributed by atoms with Gasteiger partial charge in [0.2, 0.25) is 5.91 Å². The molecule has 4 nitrogen and oxygen atoms in total. The fraction of sp³-hybridized carbons (Fsp3) is 0.923. The standard InChI is InChI=1S/C13H24N2O2/c1-12(2)6-4-3-5-10(12)15-11(16)13(14)7-8-17-9-13/h10H,3-9,14H2,1-2H3,(H,15,16). The van der Waals surface area contributed by atoms with Gasteiger partial charge in [0, 0.05) is 12.6 Å². The SMILES string of the molecule is CC1(C)CCCCC1NC(=O)C1(N)CCOC1. The van der Waals surface area contributed by atoms with Crippen LogP contribution in [0.3, 0.4) is 0 Å². The first kappa shape index (κ1) is 12.8. The van der Waals surface area contributed by atoms with Crippen molar-refractivity contribution in [2.45, 2.75) is 57.5 Å². The van der Waals surface area contributed by atoms with Crippen LogP contribution in [-0.2, 0) is 9.53 Å². The Labute approximate surface area is 103 Å². The molecule has 1 aliphatic carbocycles. The number of ether oxygens (including phenoxy) is 1. The minimum Gasteiger partial charge on any atom is -0.379 e. The number of rotatable bonds is 2. The summed E-state index contributed by atoms with van der Waals surface area (Å²) in [7, 11) is 0. The molecule has 2 unspecified atom stereocenters. The average molecular weight is 240 g/mol. The van der Waals surface area contributed by atoms with E-state index in [1.165, 1.54) is 19.3 Å². The van der Waals surface area contributed by atoms with Crippen molar-refractivity contribution in [1.29, 1.82) is 0 Å². The van der Waals surface area contributed by atoms with Gasteiger partial charge in [-0.3, -0.25) is 4.79 Å². The van der Waals surface area contributed by atoms with Crippen LogP contribution in [0.25, 0.3) is 0 Å². The number of nitrogens with one attached hydrogen (secondary N) is 1. The zero-order chi connectivity index (χ0) is 12.5. The zero-order valence-electron chi connectivity index (χ0n) is 10.9. The normalized spacial score (nSPS) is 36.8. The van der Waals surface area contributed by atoms with Gasteiger partial charge in [0.05, 0.1) is 6.61 Å². The zero-order valence-corrected chi connectivity index (χ0v) is 10.9. The van der Waals surface area contributed by atoms with Crippen LogP contribution in [0.4, 0.5) is 0 Å². The number of hydrogen-bond acceptors (Lipinski definition) is 3. The van der Waals surface area contributed by atoms with E-state index in [1.807, 2.05) is 0 Å². The third kappa shape index (κ3) is 2.63. The van der Waals surface area contributed by atoms with Gasteiger partial charge in [0.25, 0.3) is 0 Å². The van der Waals surface area contributed by atoms with Crippen molar-refractivity contribution in [2.24, 2.45) is 11.1 Å². The Hall–Kier alpha value is -0.610. The molecule has 98 valence electrons. The van der Waals surface area contributed by atoms with E-state index in [-0.39, 0.29) is 17.4 Å². The molecule has 1 amide bonds. The summed E-state index contributed by atoms with van der Waals surface area (Å²) in [6, 6.07) is 0.254. The van der Waals surface area contributed by atoms with Gasteiger partial charge in [0.15, 0.2) is 0 Å². The Kier molecular flexibility index (Phi) is 3.46. The highest BCUT2D eigenvalue weighted by Crippen LogP contribution is 2.35. The summed E-state index contributed by atoms with van der Waals surface area (Å²) in [6.45, 7) is 5.40. The molecule has 0 aromatic rings. The fourth-order valence-electron chi connectivity index (χ4n) is 2.82. The Bertz CT molecular complexity index is 296. The van der Waals surface area contributed by atoms with E-state index in [0.29, 0.717) is 19.6 Å². The monoisotopic (exact) mass is 240 g/mol. The van der Waals surface area contributed by atoms with Gasteiger partial charge in [-0.15, -0.1) is 0 Å². The second-order valence-corrected chi connectivity index (χ2v) is 6.22. The van der Waals surface area contributed by atoms with Crippen LogP contribution in [0.2, 0.25) is 0 Å². The molecule has 0 aromatic carbocycles. The quantitative estimate of drug-likeness (QED) is 0.762. The number of nitrogens with two attached hydrogens (primary N) is 1. The maximum Gasteiger partial charge on any atom is 0.242 e. The molecule has 0 bridgehead atoms. The summed E-state index contributed by atoms with van der Waals surface area (Å²) < 4.78 is 5.24. The lowest BCUT2D eigenvalue weighted by atomic mass is 9.73. The number of hydrogen-bond donors (Lipinski definition) is 2. The van der Waals surface area contributed by atoms with Crippen LogP contribution < -0.4 is 11.1 Å². The van der Waals surface area contributed by atoms with Crippen LogP contribution in [0.1, 0.15) is 46.0 Å². The number of carbonyl (C=O) groups excluding carboxylic acids is 1. The molecular formula is C13H24N2O2. The summed E-state index contributed by atoms with van der Waals surface area (Å²) in [5.74, 6) is -0.0324. The maximum absolute atomic E-state index is 12.2. The summed E-state index contributed by atoms with van der Waals surface area (Å²) in [4.78, 5) is 12.2. The van der Waals surface area contributed by atoms with Crippen LogP contribution in [0.15, 0.2) is 0 Å². The lowest BCUT2D eigenvalue weighted by Crippen LogP contribution is -2.59. The largest absolute Gasteiger partial charge is 0.379 e. The second-order valence-electron chi connectivity index (χ2n) is 6.22. The van der Waals surface area contributed by atoms with Crippen molar-refractivity contribution in [3.63, 3.8) is 0 Å². The van der Waals surface area contributed by atoms with Crippen molar-refractivity contribution in [2.75, 3.05) is 13.2 Å². The van der Waals surface area contributed by atoms with Crippen LogP contribution in [0, 0.1) is 5.41 Å². The highest BCUT2D eigenvalue weighted by molar-refractivity contribution is 5.86. The first-order chi connectivity index (χ1) is 7.94. The van der Waals surface area contributed by atoms with E-state index in [4.69, 9.17) is 10.5 Å². The molecule has 0 spiro atoms. The molecule has 17 heavy (non-hydrogen) atoms. The molecule has 4 heteroatoms. The molecule has 0 radical (unpaired) electrons. The Morgan fingerprint density at radius 3 is 2.71 bits per heavy atom. The van der Waals surface area contributed by atoms with E-state index in [1.54, 1.807) is 0 Å². The molecule has 1 heterocycles. The molecule has 1 saturated heterocycles.